The van der Waals surface area contributed by atoms with Crippen molar-refractivity contribution in [2.24, 2.45) is 0 Å². The van der Waals surface area contributed by atoms with E-state index in [4.69, 9.17) is 0 Å². The van der Waals surface area contributed by atoms with E-state index in [1.165, 1.54) is 11.8 Å². The van der Waals surface area contributed by atoms with E-state index < -0.39 is 0 Å². The molecule has 146 valence electrons. The van der Waals surface area contributed by atoms with Crippen LogP contribution in [0.4, 0.5) is 0 Å². The van der Waals surface area contributed by atoms with Gasteiger partial charge >= 0.3 is 0 Å². The molecule has 0 radical (unpaired) electrons. The number of carbonyl (C=O) groups is 1. The second kappa shape index (κ2) is 9.21. The lowest BCUT2D eigenvalue weighted by Crippen LogP contribution is -2.32. The van der Waals surface area contributed by atoms with Crippen LogP contribution in [0.25, 0.3) is 10.9 Å². The van der Waals surface area contributed by atoms with Crippen LogP contribution in [0.2, 0.25) is 0 Å². The minimum atomic E-state index is -0.0721. The Morgan fingerprint density at radius 2 is 2.11 bits per heavy atom. The first-order valence-electron chi connectivity index (χ1n) is 9.06. The second-order valence-corrected chi connectivity index (χ2v) is 8.59. The number of nitrogens with zero attached hydrogens (tertiary/aromatic N) is 3. The molecule has 7 heteroatoms. The number of thiophene rings is 1. The lowest BCUT2D eigenvalue weighted by molar-refractivity contribution is -0.128. The Bertz CT molecular complexity index is 1030. The zero-order valence-electron chi connectivity index (χ0n) is 16.0. The van der Waals surface area contributed by atoms with Crippen LogP contribution in [0.1, 0.15) is 24.8 Å². The van der Waals surface area contributed by atoms with E-state index in [-0.39, 0.29) is 23.3 Å². The summed E-state index contributed by atoms with van der Waals surface area (Å²) in [5.74, 6) is 0.215. The topological polar surface area (TPSA) is 55.2 Å². The van der Waals surface area contributed by atoms with E-state index in [0.717, 1.165) is 4.88 Å². The first-order valence-corrected chi connectivity index (χ1v) is 10.9. The average molecular weight is 414 g/mol. The molecular formula is C21H23N3O2S2. The van der Waals surface area contributed by atoms with Crippen LogP contribution in [-0.4, -0.2) is 32.7 Å². The van der Waals surface area contributed by atoms with Crippen molar-refractivity contribution < 1.29 is 4.79 Å². The molecule has 3 rings (SSSR count). The summed E-state index contributed by atoms with van der Waals surface area (Å²) in [6.45, 7) is 8.70. The predicted molar refractivity (Wildman–Crippen MR) is 117 cm³/mol. The van der Waals surface area contributed by atoms with E-state index in [1.54, 1.807) is 32.9 Å². The normalized spacial score (nSPS) is 11.1. The highest BCUT2D eigenvalue weighted by atomic mass is 32.2. The molecule has 0 N–H and O–H groups in total. The van der Waals surface area contributed by atoms with Gasteiger partial charge in [0.25, 0.3) is 5.56 Å². The van der Waals surface area contributed by atoms with Crippen LogP contribution in [-0.2, 0) is 11.3 Å². The number of fused-ring (bicyclic) bond motifs is 1. The Morgan fingerprint density at radius 3 is 2.79 bits per heavy atom. The molecule has 0 atom stereocenters. The summed E-state index contributed by atoms with van der Waals surface area (Å²) in [6, 6.07) is 11.3. The van der Waals surface area contributed by atoms with Gasteiger partial charge in [-0.15, -0.1) is 17.9 Å². The molecule has 0 aliphatic carbocycles. The molecule has 0 saturated carbocycles. The number of carbonyl (C=O) groups excluding carboxylic acids is 1. The Labute approximate surface area is 172 Å². The van der Waals surface area contributed by atoms with Crippen molar-refractivity contribution in [3.8, 4) is 0 Å². The highest BCUT2D eigenvalue weighted by Crippen LogP contribution is 2.22. The smallest absolute Gasteiger partial charge is 0.262 e. The molecule has 0 unspecified atom stereocenters. The van der Waals surface area contributed by atoms with Crippen LogP contribution in [0.15, 0.2) is 64.4 Å². The van der Waals surface area contributed by atoms with Gasteiger partial charge in [0.2, 0.25) is 5.91 Å². The maximum Gasteiger partial charge on any atom is 0.262 e. The summed E-state index contributed by atoms with van der Waals surface area (Å²) >= 11 is 2.93. The lowest BCUT2D eigenvalue weighted by atomic mass is 10.2. The second-order valence-electron chi connectivity index (χ2n) is 6.61. The fourth-order valence-corrected chi connectivity index (χ4v) is 4.65. The van der Waals surface area contributed by atoms with Gasteiger partial charge in [-0.1, -0.05) is 36.0 Å². The molecule has 28 heavy (non-hydrogen) atoms. The molecule has 0 saturated heterocycles. The van der Waals surface area contributed by atoms with E-state index >= 15 is 0 Å². The first-order chi connectivity index (χ1) is 13.5. The summed E-state index contributed by atoms with van der Waals surface area (Å²) in [4.78, 5) is 33.2. The minimum Gasteiger partial charge on any atom is -0.333 e. The molecule has 1 amide bonds. The van der Waals surface area contributed by atoms with E-state index in [9.17, 15) is 9.59 Å². The molecule has 5 nitrogen and oxygen atoms in total. The summed E-state index contributed by atoms with van der Waals surface area (Å²) in [5, 5.41) is 3.17. The fourth-order valence-electron chi connectivity index (χ4n) is 2.90. The van der Waals surface area contributed by atoms with Crippen molar-refractivity contribution in [3.63, 3.8) is 0 Å². The molecule has 2 heterocycles. The number of aromatic nitrogens is 2. The molecule has 0 bridgehead atoms. The third-order valence-electron chi connectivity index (χ3n) is 4.25. The Hall–Kier alpha value is -2.38. The Balaban J connectivity index is 1.83. The van der Waals surface area contributed by atoms with E-state index in [1.807, 2.05) is 49.6 Å². The number of thioether (sulfide) groups is 1. The molecule has 2 aromatic heterocycles. The maximum absolute atomic E-state index is 12.9. The standard InChI is InChI=1S/C21H23N3O2S2/c1-4-11-23(13-16-8-7-12-27-16)19(25)14-28-21-22-18-10-6-5-9-17(18)20(26)24(21)15(2)3/h4-10,12,15H,1,11,13-14H2,2-3H3. The molecule has 0 aliphatic heterocycles. The summed E-state index contributed by atoms with van der Waals surface area (Å²) in [5.41, 5.74) is 0.581. The van der Waals surface area contributed by atoms with Gasteiger partial charge in [-0.05, 0) is 37.4 Å². The molecule has 0 spiro atoms. The molecular weight excluding hydrogens is 390 g/mol. The highest BCUT2D eigenvalue weighted by molar-refractivity contribution is 7.99. The largest absolute Gasteiger partial charge is 0.333 e. The predicted octanol–water partition coefficient (Wildman–Crippen LogP) is 4.35. The Kier molecular flexibility index (Phi) is 6.70. The molecule has 0 fully saturated rings. The van der Waals surface area contributed by atoms with Gasteiger partial charge in [0, 0.05) is 17.5 Å². The summed E-state index contributed by atoms with van der Waals surface area (Å²) in [7, 11) is 0. The third kappa shape index (κ3) is 4.54. The van der Waals surface area contributed by atoms with Gasteiger partial charge in [0.1, 0.15) is 0 Å². The number of rotatable bonds is 8. The van der Waals surface area contributed by atoms with Gasteiger partial charge in [-0.25, -0.2) is 4.98 Å². The zero-order valence-corrected chi connectivity index (χ0v) is 17.6. The lowest BCUT2D eigenvalue weighted by Gasteiger charge is -2.21. The van der Waals surface area contributed by atoms with Gasteiger partial charge < -0.3 is 4.90 Å². The van der Waals surface area contributed by atoms with Crippen molar-refractivity contribution in [3.05, 3.63) is 69.7 Å². The number of amides is 1. The van der Waals surface area contributed by atoms with Crippen LogP contribution < -0.4 is 5.56 Å². The van der Waals surface area contributed by atoms with E-state index in [0.29, 0.717) is 29.1 Å². The SMILES string of the molecule is C=CCN(Cc1cccs1)C(=O)CSc1nc2ccccc2c(=O)n1C(C)C. The number of para-hydroxylation sites is 1. The molecule has 1 aromatic carbocycles. The van der Waals surface area contributed by atoms with Crippen LogP contribution in [0.3, 0.4) is 0 Å². The quantitative estimate of drug-likeness (QED) is 0.313. The highest BCUT2D eigenvalue weighted by Gasteiger charge is 2.18. The fraction of sp³-hybridized carbons (Fsp3) is 0.286. The number of hydrogen-bond acceptors (Lipinski definition) is 5. The third-order valence-corrected chi connectivity index (χ3v) is 6.04. The monoisotopic (exact) mass is 413 g/mol. The van der Waals surface area contributed by atoms with E-state index in [2.05, 4.69) is 11.6 Å². The molecule has 3 aromatic rings. The molecule has 0 aliphatic rings. The number of benzene rings is 1. The Morgan fingerprint density at radius 1 is 1.32 bits per heavy atom. The van der Waals surface area contributed by atoms with Crippen LogP contribution >= 0.6 is 23.1 Å². The minimum absolute atomic E-state index is 0.00369. The van der Waals surface area contributed by atoms with Crippen molar-refractivity contribution in [2.75, 3.05) is 12.3 Å². The summed E-state index contributed by atoms with van der Waals surface area (Å²) in [6.07, 6.45) is 1.73. The van der Waals surface area contributed by atoms with Crippen LogP contribution in [0, 0.1) is 0 Å². The maximum atomic E-state index is 12.9. The van der Waals surface area contributed by atoms with Crippen molar-refractivity contribution in [1.82, 2.24) is 14.5 Å². The average Bonchev–Trinajstić information content (AvgIpc) is 3.18. The van der Waals surface area contributed by atoms with Crippen molar-refractivity contribution in [2.45, 2.75) is 31.6 Å². The zero-order chi connectivity index (χ0) is 20.1. The van der Waals surface area contributed by atoms with Gasteiger partial charge in [0.15, 0.2) is 5.16 Å². The van der Waals surface area contributed by atoms with Crippen molar-refractivity contribution >= 4 is 39.9 Å². The van der Waals surface area contributed by atoms with Crippen LogP contribution in [0.5, 0.6) is 0 Å². The van der Waals surface area contributed by atoms with Gasteiger partial charge in [-0.3, -0.25) is 14.2 Å². The summed E-state index contributed by atoms with van der Waals surface area (Å²) < 4.78 is 1.66. The van der Waals surface area contributed by atoms with Gasteiger partial charge in [-0.2, -0.15) is 0 Å². The first kappa shape index (κ1) is 20.4. The number of hydrogen-bond donors (Lipinski definition) is 0. The van der Waals surface area contributed by atoms with Crippen molar-refractivity contribution in [1.29, 1.82) is 0 Å². The van der Waals surface area contributed by atoms with Gasteiger partial charge in [0.05, 0.1) is 23.2 Å².